The number of sulfonamides is 1. The number of fused-ring (bicyclic) bond motifs is 1. The van der Waals surface area contributed by atoms with E-state index in [-0.39, 0.29) is 12.3 Å². The summed E-state index contributed by atoms with van der Waals surface area (Å²) in [4.78, 5) is 12.3. The number of thiophene rings is 1. The van der Waals surface area contributed by atoms with Gasteiger partial charge in [0.1, 0.15) is 6.04 Å². The van der Waals surface area contributed by atoms with Crippen molar-refractivity contribution in [1.29, 1.82) is 0 Å². The lowest BCUT2D eigenvalue weighted by molar-refractivity contribution is -0.142. The van der Waals surface area contributed by atoms with Gasteiger partial charge >= 0.3 is 5.97 Å². The van der Waals surface area contributed by atoms with Crippen molar-refractivity contribution >= 4 is 27.3 Å². The Morgan fingerprint density at radius 3 is 3.00 bits per heavy atom. The Morgan fingerprint density at radius 2 is 2.39 bits per heavy atom. The number of hydrogen-bond donors (Lipinski definition) is 1. The van der Waals surface area contributed by atoms with Crippen molar-refractivity contribution in [2.45, 2.75) is 12.5 Å². The van der Waals surface area contributed by atoms with Crippen LogP contribution in [0.5, 0.6) is 0 Å². The molecule has 0 saturated heterocycles. The molecular weight excluding hydrogens is 274 g/mol. The highest BCUT2D eigenvalue weighted by Crippen LogP contribution is 2.35. The van der Waals surface area contributed by atoms with Crippen molar-refractivity contribution in [2.24, 2.45) is 0 Å². The number of hydrogen-bond acceptors (Lipinski definition) is 4. The number of carboxylic acid groups (broad SMARTS) is 1. The van der Waals surface area contributed by atoms with Gasteiger partial charge in [-0.25, -0.2) is 8.42 Å². The van der Waals surface area contributed by atoms with Crippen LogP contribution in [0.25, 0.3) is 0 Å². The van der Waals surface area contributed by atoms with Crippen molar-refractivity contribution in [2.75, 3.05) is 12.3 Å². The van der Waals surface area contributed by atoms with Gasteiger partial charge in [-0.05, 0) is 23.4 Å². The topological polar surface area (TPSA) is 74.7 Å². The van der Waals surface area contributed by atoms with Crippen LogP contribution in [0, 0.1) is 0 Å². The first-order valence-corrected chi connectivity index (χ1v) is 7.85. The van der Waals surface area contributed by atoms with Gasteiger partial charge in [0.2, 0.25) is 10.0 Å². The molecule has 0 spiro atoms. The first-order chi connectivity index (χ1) is 8.47. The molecule has 0 saturated carbocycles. The predicted octanol–water partition coefficient (Wildman–Crippen LogP) is 1.25. The van der Waals surface area contributed by atoms with Crippen LogP contribution >= 0.6 is 11.3 Å². The maximum atomic E-state index is 12.0. The third kappa shape index (κ3) is 2.21. The van der Waals surface area contributed by atoms with Crippen molar-refractivity contribution in [3.8, 4) is 0 Å². The van der Waals surface area contributed by atoms with Gasteiger partial charge in [0.15, 0.2) is 0 Å². The summed E-state index contributed by atoms with van der Waals surface area (Å²) in [5.41, 5.74) is 0.589. The number of rotatable bonds is 4. The molecule has 1 aliphatic rings. The number of nitrogens with zero attached hydrogens (tertiary/aromatic N) is 1. The Labute approximate surface area is 109 Å². The van der Waals surface area contributed by atoms with Gasteiger partial charge in [-0.3, -0.25) is 4.79 Å². The molecule has 1 atom stereocenters. The zero-order valence-electron chi connectivity index (χ0n) is 9.57. The molecule has 7 heteroatoms. The fraction of sp³-hybridized carbons (Fsp3) is 0.364. The molecule has 0 radical (unpaired) electrons. The number of carboxylic acids is 1. The molecule has 18 heavy (non-hydrogen) atoms. The van der Waals surface area contributed by atoms with Crippen LogP contribution in [0.2, 0.25) is 0 Å². The Morgan fingerprint density at radius 1 is 1.67 bits per heavy atom. The SMILES string of the molecule is C=CCS(=O)(=O)N1CCc2sccc2C1C(=O)O. The molecule has 1 aromatic rings. The second-order valence-corrected chi connectivity index (χ2v) is 6.93. The van der Waals surface area contributed by atoms with E-state index in [2.05, 4.69) is 6.58 Å². The first kappa shape index (κ1) is 13.3. The maximum Gasteiger partial charge on any atom is 0.326 e. The molecular formula is C11H13NO4S2. The summed E-state index contributed by atoms with van der Waals surface area (Å²) in [5, 5.41) is 11.1. The van der Waals surface area contributed by atoms with E-state index < -0.39 is 22.0 Å². The molecule has 1 aliphatic heterocycles. The van der Waals surface area contributed by atoms with Crippen molar-refractivity contribution in [1.82, 2.24) is 4.31 Å². The largest absolute Gasteiger partial charge is 0.480 e. The Balaban J connectivity index is 2.45. The van der Waals surface area contributed by atoms with Gasteiger partial charge < -0.3 is 5.11 Å². The Kier molecular flexibility index (Phi) is 3.56. The van der Waals surface area contributed by atoms with Crippen molar-refractivity contribution < 1.29 is 18.3 Å². The monoisotopic (exact) mass is 287 g/mol. The van der Waals surface area contributed by atoms with E-state index in [9.17, 15) is 18.3 Å². The van der Waals surface area contributed by atoms with Gasteiger partial charge in [0.25, 0.3) is 0 Å². The van der Waals surface area contributed by atoms with Gasteiger partial charge in [-0.2, -0.15) is 4.31 Å². The molecule has 0 fully saturated rings. The van der Waals surface area contributed by atoms with E-state index in [1.165, 1.54) is 17.4 Å². The van der Waals surface area contributed by atoms with Gasteiger partial charge in [0.05, 0.1) is 5.75 Å². The van der Waals surface area contributed by atoms with E-state index in [0.717, 1.165) is 9.18 Å². The van der Waals surface area contributed by atoms with Crippen LogP contribution in [0.4, 0.5) is 0 Å². The summed E-state index contributed by atoms with van der Waals surface area (Å²) >= 11 is 1.47. The predicted molar refractivity (Wildman–Crippen MR) is 69.1 cm³/mol. The zero-order chi connectivity index (χ0) is 13.3. The molecule has 1 unspecified atom stereocenters. The molecule has 5 nitrogen and oxygen atoms in total. The molecule has 1 N–H and O–H groups in total. The highest BCUT2D eigenvalue weighted by Gasteiger charge is 2.39. The van der Waals surface area contributed by atoms with Crippen LogP contribution in [0.1, 0.15) is 16.5 Å². The van der Waals surface area contributed by atoms with Gasteiger partial charge in [-0.15, -0.1) is 17.9 Å². The van der Waals surface area contributed by atoms with E-state index in [4.69, 9.17) is 0 Å². The van der Waals surface area contributed by atoms with Crippen molar-refractivity contribution in [3.63, 3.8) is 0 Å². The maximum absolute atomic E-state index is 12.0. The van der Waals surface area contributed by atoms with E-state index in [1.54, 1.807) is 11.4 Å². The standard InChI is InChI=1S/C11H13NO4S2/c1-2-7-18(15,16)12-5-3-9-8(4-6-17-9)10(12)11(13)14/h2,4,6,10H,1,3,5,7H2,(H,13,14). The molecule has 0 aromatic carbocycles. The molecule has 1 aromatic heterocycles. The number of carbonyl (C=O) groups is 1. The minimum absolute atomic E-state index is 0.209. The van der Waals surface area contributed by atoms with Crippen LogP contribution in [-0.4, -0.2) is 36.1 Å². The van der Waals surface area contributed by atoms with E-state index >= 15 is 0 Å². The van der Waals surface area contributed by atoms with E-state index in [1.807, 2.05) is 0 Å². The fourth-order valence-electron chi connectivity index (χ4n) is 2.09. The summed E-state index contributed by atoms with van der Waals surface area (Å²) in [6.07, 6.45) is 1.84. The third-order valence-electron chi connectivity index (χ3n) is 2.84. The smallest absolute Gasteiger partial charge is 0.326 e. The second-order valence-electron chi connectivity index (χ2n) is 3.97. The Bertz CT molecular complexity index is 576. The lowest BCUT2D eigenvalue weighted by Crippen LogP contribution is -2.43. The minimum atomic E-state index is -3.61. The highest BCUT2D eigenvalue weighted by atomic mass is 32.2. The molecule has 98 valence electrons. The summed E-state index contributed by atoms with van der Waals surface area (Å²) in [6, 6.07) is 0.582. The summed E-state index contributed by atoms with van der Waals surface area (Å²) < 4.78 is 25.1. The van der Waals surface area contributed by atoms with Crippen molar-refractivity contribution in [3.05, 3.63) is 34.5 Å². The summed E-state index contributed by atoms with van der Waals surface area (Å²) in [5.74, 6) is -1.38. The van der Waals surface area contributed by atoms with Crippen LogP contribution in [0.3, 0.4) is 0 Å². The zero-order valence-corrected chi connectivity index (χ0v) is 11.2. The number of aliphatic carboxylic acids is 1. The lowest BCUT2D eigenvalue weighted by Gasteiger charge is -2.31. The average Bonchev–Trinajstić information content (AvgIpc) is 2.74. The molecule has 0 amide bonds. The van der Waals surface area contributed by atoms with Gasteiger partial charge in [0, 0.05) is 11.4 Å². The Hall–Kier alpha value is -1.18. The van der Waals surface area contributed by atoms with Crippen LogP contribution in [0.15, 0.2) is 24.1 Å². The average molecular weight is 287 g/mol. The molecule has 2 heterocycles. The first-order valence-electron chi connectivity index (χ1n) is 5.37. The molecule has 2 rings (SSSR count). The quantitative estimate of drug-likeness (QED) is 0.846. The summed E-state index contributed by atoms with van der Waals surface area (Å²) in [7, 11) is -3.61. The third-order valence-corrected chi connectivity index (χ3v) is 5.60. The van der Waals surface area contributed by atoms with E-state index in [0.29, 0.717) is 12.0 Å². The molecule has 0 aliphatic carbocycles. The highest BCUT2D eigenvalue weighted by molar-refractivity contribution is 7.89. The fourth-order valence-corrected chi connectivity index (χ4v) is 4.38. The second kappa shape index (κ2) is 4.83. The van der Waals surface area contributed by atoms with Gasteiger partial charge in [-0.1, -0.05) is 6.08 Å². The normalized spacial score (nSPS) is 20.3. The minimum Gasteiger partial charge on any atom is -0.480 e. The summed E-state index contributed by atoms with van der Waals surface area (Å²) in [6.45, 7) is 3.60. The van der Waals surface area contributed by atoms with Crippen LogP contribution in [-0.2, 0) is 21.2 Å². The lowest BCUT2D eigenvalue weighted by atomic mass is 10.0. The molecule has 0 bridgehead atoms. The van der Waals surface area contributed by atoms with Crippen LogP contribution < -0.4 is 0 Å².